The van der Waals surface area contributed by atoms with Gasteiger partial charge in [0, 0.05) is 27.3 Å². The maximum absolute atomic E-state index is 6.69. The highest BCUT2D eigenvalue weighted by molar-refractivity contribution is 6.84. The third-order valence-corrected chi connectivity index (χ3v) is 7.09. The molecule has 3 heterocycles. The molecule has 34 heavy (non-hydrogen) atoms. The summed E-state index contributed by atoms with van der Waals surface area (Å²) in [7, 11) is 0. The molecule has 0 aliphatic carbocycles. The number of hydrogen-bond acceptors (Lipinski definition) is 2. The van der Waals surface area contributed by atoms with Crippen LogP contribution in [0.15, 0.2) is 109 Å². The fourth-order valence-electron chi connectivity index (χ4n) is 5.66. The van der Waals surface area contributed by atoms with Crippen LogP contribution in [-0.4, -0.2) is 11.5 Å². The molecule has 5 aromatic carbocycles. The zero-order chi connectivity index (χ0) is 22.2. The van der Waals surface area contributed by atoms with Gasteiger partial charge in [0.25, 0.3) is 0 Å². The minimum atomic E-state index is -0.210. The Morgan fingerprint density at radius 3 is 2.03 bits per heavy atom. The first-order valence-electron chi connectivity index (χ1n) is 11.6. The van der Waals surface area contributed by atoms with Crippen molar-refractivity contribution in [3.05, 3.63) is 109 Å². The molecular weight excluding hydrogens is 417 g/mol. The lowest BCUT2D eigenvalue weighted by Gasteiger charge is -2.33. The molecule has 3 nitrogen and oxygen atoms in total. The lowest BCUT2D eigenvalue weighted by Crippen LogP contribution is -2.53. The maximum Gasteiger partial charge on any atom is 0.434 e. The van der Waals surface area contributed by atoms with E-state index in [2.05, 4.69) is 108 Å². The molecule has 4 heteroatoms. The van der Waals surface area contributed by atoms with Gasteiger partial charge in [-0.05, 0) is 35.9 Å². The summed E-state index contributed by atoms with van der Waals surface area (Å²) in [6.45, 7) is -0.210. The summed E-state index contributed by atoms with van der Waals surface area (Å²) in [5.74, 6) is 2.62. The topological polar surface area (TPSA) is 23.4 Å². The van der Waals surface area contributed by atoms with E-state index in [9.17, 15) is 0 Å². The van der Waals surface area contributed by atoms with Gasteiger partial charge < -0.3 is 14.0 Å². The number of rotatable bonds is 1. The van der Waals surface area contributed by atoms with Crippen molar-refractivity contribution in [1.29, 1.82) is 0 Å². The van der Waals surface area contributed by atoms with Crippen molar-refractivity contribution in [2.24, 2.45) is 0 Å². The van der Waals surface area contributed by atoms with E-state index in [1.54, 1.807) is 0 Å². The lowest BCUT2D eigenvalue weighted by atomic mass is 9.51. The van der Waals surface area contributed by atoms with Crippen molar-refractivity contribution in [2.75, 3.05) is 0 Å². The number of hydrogen-bond donors (Lipinski definition) is 0. The van der Waals surface area contributed by atoms with Crippen molar-refractivity contribution >= 4 is 39.6 Å². The molecule has 0 spiro atoms. The molecule has 0 amide bonds. The van der Waals surface area contributed by atoms with Gasteiger partial charge in [0.1, 0.15) is 17.2 Å². The van der Waals surface area contributed by atoms with Gasteiger partial charge in [-0.3, -0.25) is 0 Å². The van der Waals surface area contributed by atoms with Gasteiger partial charge >= 0.3 is 6.92 Å². The fraction of sp³-hybridized carbons (Fsp3) is 0. The van der Waals surface area contributed by atoms with E-state index in [-0.39, 0.29) is 6.92 Å². The summed E-state index contributed by atoms with van der Waals surface area (Å²) in [5.41, 5.74) is 7.79. The van der Waals surface area contributed by atoms with Crippen LogP contribution >= 0.6 is 0 Å². The second-order valence-corrected chi connectivity index (χ2v) is 8.88. The standard InChI is InChI=1S/C30H18BNO2/c1-4-14-24-19(9-1)20-10-2-5-15-25(20)32(24)26-16-8-13-23-30(26)33-28-18-7-12-22-21-11-3-6-17-27(21)34-31(23)29(22)28/h1-18H. The summed E-state index contributed by atoms with van der Waals surface area (Å²) in [4.78, 5) is 0. The summed E-state index contributed by atoms with van der Waals surface area (Å²) in [6, 6.07) is 38.0. The van der Waals surface area contributed by atoms with E-state index < -0.39 is 0 Å². The smallest absolute Gasteiger partial charge is 0.434 e. The van der Waals surface area contributed by atoms with Gasteiger partial charge in [-0.25, -0.2) is 0 Å². The highest BCUT2D eigenvalue weighted by atomic mass is 16.5. The number of para-hydroxylation sites is 4. The summed E-state index contributed by atoms with van der Waals surface area (Å²) < 4.78 is 15.6. The predicted molar refractivity (Wildman–Crippen MR) is 138 cm³/mol. The van der Waals surface area contributed by atoms with Gasteiger partial charge in [0.2, 0.25) is 0 Å². The zero-order valence-electron chi connectivity index (χ0n) is 18.2. The Morgan fingerprint density at radius 1 is 0.559 bits per heavy atom. The quantitative estimate of drug-likeness (QED) is 0.294. The first kappa shape index (κ1) is 18.0. The maximum atomic E-state index is 6.69. The molecule has 1 aromatic heterocycles. The number of nitrogens with zero attached hydrogens (tertiary/aromatic N) is 1. The van der Waals surface area contributed by atoms with Crippen molar-refractivity contribution in [1.82, 2.24) is 4.57 Å². The van der Waals surface area contributed by atoms with E-state index in [0.29, 0.717) is 0 Å². The van der Waals surface area contributed by atoms with Crippen LogP contribution in [0.3, 0.4) is 0 Å². The Labute approximate surface area is 196 Å². The molecule has 2 aliphatic rings. The van der Waals surface area contributed by atoms with Crippen LogP contribution in [0.5, 0.6) is 17.2 Å². The largest absolute Gasteiger partial charge is 0.551 e. The normalized spacial score (nSPS) is 13.1. The lowest BCUT2D eigenvalue weighted by molar-refractivity contribution is 0.477. The van der Waals surface area contributed by atoms with Crippen molar-refractivity contribution in [2.45, 2.75) is 0 Å². The molecule has 0 N–H and O–H groups in total. The molecular formula is C30H18BNO2. The van der Waals surface area contributed by atoms with E-state index in [4.69, 9.17) is 9.39 Å². The van der Waals surface area contributed by atoms with Crippen LogP contribution in [0.1, 0.15) is 0 Å². The van der Waals surface area contributed by atoms with Gasteiger partial charge in [-0.2, -0.15) is 0 Å². The number of aromatic nitrogens is 1. The number of ether oxygens (including phenoxy) is 1. The number of benzene rings is 5. The average Bonchev–Trinajstić information content (AvgIpc) is 3.23. The summed E-state index contributed by atoms with van der Waals surface area (Å²) in [6.07, 6.45) is 0. The third kappa shape index (κ3) is 2.27. The Morgan fingerprint density at radius 2 is 1.21 bits per heavy atom. The Kier molecular flexibility index (Phi) is 3.48. The summed E-state index contributed by atoms with van der Waals surface area (Å²) >= 11 is 0. The molecule has 0 atom stereocenters. The summed E-state index contributed by atoms with van der Waals surface area (Å²) in [5, 5.41) is 2.47. The van der Waals surface area contributed by atoms with Crippen LogP contribution in [0, 0.1) is 0 Å². The Hall–Kier alpha value is -4.44. The van der Waals surface area contributed by atoms with Crippen LogP contribution < -0.4 is 20.3 Å². The molecule has 0 bridgehead atoms. The first-order valence-corrected chi connectivity index (χ1v) is 11.6. The van der Waals surface area contributed by atoms with Crippen LogP contribution in [0.4, 0.5) is 0 Å². The molecule has 158 valence electrons. The van der Waals surface area contributed by atoms with Gasteiger partial charge in [0.05, 0.1) is 16.7 Å². The molecule has 0 saturated carbocycles. The highest BCUT2D eigenvalue weighted by Gasteiger charge is 2.41. The third-order valence-electron chi connectivity index (χ3n) is 7.09. The second-order valence-electron chi connectivity index (χ2n) is 8.88. The van der Waals surface area contributed by atoms with Crippen LogP contribution in [0.2, 0.25) is 0 Å². The minimum absolute atomic E-state index is 0.210. The second kappa shape index (κ2) is 6.55. The van der Waals surface area contributed by atoms with Crippen LogP contribution in [-0.2, 0) is 0 Å². The van der Waals surface area contributed by atoms with Gasteiger partial charge in [-0.15, -0.1) is 0 Å². The molecule has 0 unspecified atom stereocenters. The SMILES string of the molecule is c1ccc2c(c1)OB1c3cccc(-n4c5ccccc5c5ccccc54)c3Oc3cccc-2c31. The molecule has 0 saturated heterocycles. The van der Waals surface area contributed by atoms with E-state index in [0.717, 1.165) is 50.5 Å². The molecule has 8 rings (SSSR count). The Balaban J connectivity index is 1.43. The molecule has 2 aliphatic heterocycles. The minimum Gasteiger partial charge on any atom is -0.551 e. The monoisotopic (exact) mass is 435 g/mol. The number of fused-ring (bicyclic) bond motifs is 7. The van der Waals surface area contributed by atoms with E-state index in [1.807, 2.05) is 6.07 Å². The molecule has 0 radical (unpaired) electrons. The highest BCUT2D eigenvalue weighted by Crippen LogP contribution is 2.41. The van der Waals surface area contributed by atoms with Crippen molar-refractivity contribution in [3.63, 3.8) is 0 Å². The van der Waals surface area contributed by atoms with Gasteiger partial charge in [0.15, 0.2) is 0 Å². The average molecular weight is 435 g/mol. The fourth-order valence-corrected chi connectivity index (χ4v) is 5.66. The Bertz CT molecular complexity index is 1730. The van der Waals surface area contributed by atoms with E-state index >= 15 is 0 Å². The first-order chi connectivity index (χ1) is 16.9. The van der Waals surface area contributed by atoms with E-state index in [1.165, 1.54) is 16.3 Å². The molecule has 0 fully saturated rings. The van der Waals surface area contributed by atoms with Crippen LogP contribution in [0.25, 0.3) is 38.6 Å². The van der Waals surface area contributed by atoms with Gasteiger partial charge in [-0.1, -0.05) is 78.9 Å². The van der Waals surface area contributed by atoms with Crippen molar-refractivity contribution in [3.8, 4) is 34.1 Å². The van der Waals surface area contributed by atoms with Crippen molar-refractivity contribution < 1.29 is 9.39 Å². The predicted octanol–water partition coefficient (Wildman–Crippen LogP) is 6.05. The molecule has 6 aromatic rings. The zero-order valence-corrected chi connectivity index (χ0v) is 18.2.